The normalized spacial score (nSPS) is 11.0. The lowest BCUT2D eigenvalue weighted by Gasteiger charge is -2.13. The highest BCUT2D eigenvalue weighted by Gasteiger charge is 2.14. The Balaban J connectivity index is 1.89. The number of aromatic nitrogens is 3. The summed E-state index contributed by atoms with van der Waals surface area (Å²) in [5.74, 6) is 0.128. The van der Waals surface area contributed by atoms with Gasteiger partial charge in [-0.25, -0.2) is 4.39 Å². The van der Waals surface area contributed by atoms with Crippen LogP contribution < -0.4 is 10.5 Å². The fourth-order valence-electron chi connectivity index (χ4n) is 2.73. The van der Waals surface area contributed by atoms with Crippen molar-refractivity contribution in [2.75, 3.05) is 5.73 Å². The molecule has 0 aliphatic rings. The highest BCUT2D eigenvalue weighted by molar-refractivity contribution is 5.88. The SMILES string of the molecule is Cn1ncc2cc(Oc3ccc(N)cc3F)c(-c3cccnc3)cc21. The van der Waals surface area contributed by atoms with Crippen LogP contribution in [0.1, 0.15) is 0 Å². The van der Waals surface area contributed by atoms with Crippen LogP contribution in [0.5, 0.6) is 11.5 Å². The molecule has 0 unspecified atom stereocenters. The van der Waals surface area contributed by atoms with Crippen LogP contribution in [-0.2, 0) is 7.05 Å². The molecule has 2 N–H and O–H groups in total. The molecule has 0 spiro atoms. The van der Waals surface area contributed by atoms with Gasteiger partial charge in [-0.2, -0.15) is 5.10 Å². The van der Waals surface area contributed by atoms with Gasteiger partial charge in [0.1, 0.15) is 5.75 Å². The third-order valence-electron chi connectivity index (χ3n) is 4.00. The summed E-state index contributed by atoms with van der Waals surface area (Å²) in [5.41, 5.74) is 8.58. The quantitative estimate of drug-likeness (QED) is 0.572. The van der Waals surface area contributed by atoms with Crippen LogP contribution in [0, 0.1) is 5.82 Å². The van der Waals surface area contributed by atoms with E-state index < -0.39 is 5.82 Å². The second-order valence-corrected chi connectivity index (χ2v) is 5.71. The molecule has 0 radical (unpaired) electrons. The zero-order chi connectivity index (χ0) is 17.4. The highest BCUT2D eigenvalue weighted by Crippen LogP contribution is 2.37. The first-order chi connectivity index (χ1) is 12.1. The van der Waals surface area contributed by atoms with Crippen molar-refractivity contribution in [3.63, 3.8) is 0 Å². The number of rotatable bonds is 3. The van der Waals surface area contributed by atoms with Crippen LogP contribution in [0.15, 0.2) is 61.1 Å². The predicted molar refractivity (Wildman–Crippen MR) is 94.8 cm³/mol. The standard InChI is InChI=1S/C19H15FN4O/c1-24-17-9-15(12-3-2-6-22-10-12)19(7-13(17)11-23-24)25-18-5-4-14(21)8-16(18)20/h2-11H,21H2,1H3. The average Bonchev–Trinajstić information content (AvgIpc) is 2.98. The molecule has 2 aromatic heterocycles. The van der Waals surface area contributed by atoms with Crippen molar-refractivity contribution in [2.24, 2.45) is 7.05 Å². The number of aryl methyl sites for hydroxylation is 1. The van der Waals surface area contributed by atoms with Crippen LogP contribution in [0.2, 0.25) is 0 Å². The van der Waals surface area contributed by atoms with Crippen LogP contribution in [0.4, 0.5) is 10.1 Å². The van der Waals surface area contributed by atoms with E-state index in [2.05, 4.69) is 10.1 Å². The molecule has 0 aliphatic heterocycles. The summed E-state index contributed by atoms with van der Waals surface area (Å²) < 4.78 is 21.8. The molecule has 4 rings (SSSR count). The summed E-state index contributed by atoms with van der Waals surface area (Å²) in [6.07, 6.45) is 5.19. The molecule has 4 aromatic rings. The maximum atomic E-state index is 14.2. The average molecular weight is 334 g/mol. The molecule has 2 aromatic carbocycles. The van der Waals surface area contributed by atoms with Crippen molar-refractivity contribution >= 4 is 16.6 Å². The number of nitrogen functional groups attached to an aromatic ring is 1. The first-order valence-electron chi connectivity index (χ1n) is 7.71. The predicted octanol–water partition coefficient (Wildman–Crippen LogP) is 4.15. The van der Waals surface area contributed by atoms with Gasteiger partial charge >= 0.3 is 0 Å². The van der Waals surface area contributed by atoms with E-state index in [-0.39, 0.29) is 5.75 Å². The summed E-state index contributed by atoms with van der Waals surface area (Å²) in [5, 5.41) is 5.17. The molecule has 0 atom stereocenters. The van der Waals surface area contributed by atoms with E-state index in [1.54, 1.807) is 29.3 Å². The Morgan fingerprint density at radius 1 is 1.08 bits per heavy atom. The molecular formula is C19H15FN4O. The first kappa shape index (κ1) is 15.1. The topological polar surface area (TPSA) is 66.0 Å². The summed E-state index contributed by atoms with van der Waals surface area (Å²) in [6.45, 7) is 0. The molecule has 0 saturated carbocycles. The minimum atomic E-state index is -0.511. The molecule has 0 fully saturated rings. The van der Waals surface area contributed by atoms with E-state index >= 15 is 0 Å². The molecule has 0 aliphatic carbocycles. The number of benzene rings is 2. The van der Waals surface area contributed by atoms with E-state index in [0.29, 0.717) is 11.4 Å². The largest absolute Gasteiger partial charge is 0.454 e. The van der Waals surface area contributed by atoms with Crippen molar-refractivity contribution in [3.05, 3.63) is 66.9 Å². The van der Waals surface area contributed by atoms with E-state index in [4.69, 9.17) is 10.5 Å². The van der Waals surface area contributed by atoms with E-state index in [1.165, 1.54) is 12.1 Å². The molecule has 0 saturated heterocycles. The highest BCUT2D eigenvalue weighted by atomic mass is 19.1. The van der Waals surface area contributed by atoms with Gasteiger partial charge in [0.15, 0.2) is 11.6 Å². The fraction of sp³-hybridized carbons (Fsp3) is 0.0526. The van der Waals surface area contributed by atoms with E-state index in [9.17, 15) is 4.39 Å². The number of anilines is 1. The van der Waals surface area contributed by atoms with Gasteiger partial charge in [-0.05, 0) is 30.3 Å². The number of pyridine rings is 1. The van der Waals surface area contributed by atoms with E-state index in [0.717, 1.165) is 22.0 Å². The maximum absolute atomic E-state index is 14.2. The lowest BCUT2D eigenvalue weighted by atomic mass is 10.0. The maximum Gasteiger partial charge on any atom is 0.167 e. The van der Waals surface area contributed by atoms with Gasteiger partial charge in [-0.3, -0.25) is 9.67 Å². The van der Waals surface area contributed by atoms with Gasteiger partial charge in [0.2, 0.25) is 0 Å². The zero-order valence-electron chi connectivity index (χ0n) is 13.5. The number of halogens is 1. The van der Waals surface area contributed by atoms with Gasteiger partial charge in [-0.15, -0.1) is 0 Å². The van der Waals surface area contributed by atoms with Crippen LogP contribution >= 0.6 is 0 Å². The summed E-state index contributed by atoms with van der Waals surface area (Å²) in [4.78, 5) is 4.16. The van der Waals surface area contributed by atoms with Gasteiger partial charge in [0.05, 0.1) is 11.7 Å². The zero-order valence-corrected chi connectivity index (χ0v) is 13.5. The second-order valence-electron chi connectivity index (χ2n) is 5.71. The third kappa shape index (κ3) is 2.78. The molecule has 2 heterocycles. The van der Waals surface area contributed by atoms with Gasteiger partial charge < -0.3 is 10.5 Å². The molecule has 6 heteroatoms. The number of nitrogens with zero attached hydrogens (tertiary/aromatic N) is 3. The molecule has 124 valence electrons. The van der Waals surface area contributed by atoms with Gasteiger partial charge in [0.25, 0.3) is 0 Å². The van der Waals surface area contributed by atoms with Gasteiger partial charge in [-0.1, -0.05) is 6.07 Å². The van der Waals surface area contributed by atoms with Crippen molar-refractivity contribution in [1.29, 1.82) is 0 Å². The number of nitrogens with two attached hydrogens (primary N) is 1. The number of ether oxygens (including phenoxy) is 1. The van der Waals surface area contributed by atoms with Crippen LogP contribution in [0.25, 0.3) is 22.0 Å². The Bertz CT molecular complexity index is 1060. The fourth-order valence-corrected chi connectivity index (χ4v) is 2.73. The third-order valence-corrected chi connectivity index (χ3v) is 4.00. The monoisotopic (exact) mass is 334 g/mol. The van der Waals surface area contributed by atoms with E-state index in [1.807, 2.05) is 31.3 Å². The number of hydrogen-bond acceptors (Lipinski definition) is 4. The minimum Gasteiger partial charge on any atom is -0.454 e. The smallest absolute Gasteiger partial charge is 0.167 e. The Kier molecular flexibility index (Phi) is 3.57. The molecular weight excluding hydrogens is 319 g/mol. The number of hydrogen-bond donors (Lipinski definition) is 1. The summed E-state index contributed by atoms with van der Waals surface area (Å²) in [7, 11) is 1.87. The Morgan fingerprint density at radius 3 is 2.72 bits per heavy atom. The molecule has 25 heavy (non-hydrogen) atoms. The lowest BCUT2D eigenvalue weighted by Crippen LogP contribution is -1.95. The Morgan fingerprint density at radius 2 is 1.96 bits per heavy atom. The minimum absolute atomic E-state index is 0.114. The Labute approximate surface area is 143 Å². The van der Waals surface area contributed by atoms with Crippen LogP contribution in [-0.4, -0.2) is 14.8 Å². The first-order valence-corrected chi connectivity index (χ1v) is 7.71. The van der Waals surface area contributed by atoms with Gasteiger partial charge in [0, 0.05) is 47.7 Å². The summed E-state index contributed by atoms with van der Waals surface area (Å²) >= 11 is 0. The van der Waals surface area contributed by atoms with Crippen LogP contribution in [0.3, 0.4) is 0 Å². The molecule has 0 bridgehead atoms. The second kappa shape index (κ2) is 5.90. The van der Waals surface area contributed by atoms with Crippen molar-refractivity contribution in [1.82, 2.24) is 14.8 Å². The summed E-state index contributed by atoms with van der Waals surface area (Å²) in [6, 6.07) is 11.9. The lowest BCUT2D eigenvalue weighted by molar-refractivity contribution is 0.444. The molecule has 5 nitrogen and oxygen atoms in total. The molecule has 0 amide bonds. The van der Waals surface area contributed by atoms with Crippen molar-refractivity contribution < 1.29 is 9.13 Å². The van der Waals surface area contributed by atoms with Crippen molar-refractivity contribution in [2.45, 2.75) is 0 Å². The number of fused-ring (bicyclic) bond motifs is 1. The van der Waals surface area contributed by atoms with Crippen molar-refractivity contribution in [3.8, 4) is 22.6 Å². The Hall–Kier alpha value is -3.41.